The van der Waals surface area contributed by atoms with E-state index in [1.807, 2.05) is 6.92 Å². The maximum Gasteiger partial charge on any atom is 0.261 e. The van der Waals surface area contributed by atoms with Crippen LogP contribution in [0.5, 0.6) is 0 Å². The van der Waals surface area contributed by atoms with Crippen LogP contribution in [0.1, 0.15) is 46.7 Å². The minimum absolute atomic E-state index is 0.0746. The summed E-state index contributed by atoms with van der Waals surface area (Å²) in [5, 5.41) is 3.60. The van der Waals surface area contributed by atoms with E-state index in [9.17, 15) is 9.59 Å². The van der Waals surface area contributed by atoms with E-state index >= 15 is 0 Å². The summed E-state index contributed by atoms with van der Waals surface area (Å²) in [5.74, 6) is 0.501. The predicted octanol–water partition coefficient (Wildman–Crippen LogP) is 2.27. The summed E-state index contributed by atoms with van der Waals surface area (Å²) < 4.78 is 0. The van der Waals surface area contributed by atoms with Gasteiger partial charge in [-0.15, -0.1) is 11.3 Å². The smallest absolute Gasteiger partial charge is 0.261 e. The van der Waals surface area contributed by atoms with Gasteiger partial charge in [0.1, 0.15) is 10.7 Å². The highest BCUT2D eigenvalue weighted by atomic mass is 32.1. The number of carbonyl (C=O) groups excluding carboxylic acids is 1. The Morgan fingerprint density at radius 1 is 1.35 bits per heavy atom. The molecule has 2 heterocycles. The molecule has 0 bridgehead atoms. The summed E-state index contributed by atoms with van der Waals surface area (Å²) in [6, 6.07) is 0.278. The van der Waals surface area contributed by atoms with Gasteiger partial charge in [0.05, 0.1) is 10.3 Å². The van der Waals surface area contributed by atoms with Gasteiger partial charge in [-0.2, -0.15) is 0 Å². The summed E-state index contributed by atoms with van der Waals surface area (Å²) in [6.07, 6.45) is 4.45. The highest BCUT2D eigenvalue weighted by Gasteiger charge is 2.22. The lowest BCUT2D eigenvalue weighted by Gasteiger charge is -2.10. The number of fused-ring (bicyclic) bond motifs is 1. The second-order valence-electron chi connectivity index (χ2n) is 5.34. The first-order valence-corrected chi connectivity index (χ1v) is 7.69. The van der Waals surface area contributed by atoms with Crippen LogP contribution in [0.2, 0.25) is 0 Å². The highest BCUT2D eigenvalue weighted by Crippen LogP contribution is 2.27. The molecule has 1 amide bonds. The van der Waals surface area contributed by atoms with E-state index in [0.29, 0.717) is 20.9 Å². The number of hydrogen-bond donors (Lipinski definition) is 2. The van der Waals surface area contributed by atoms with Gasteiger partial charge in [0.2, 0.25) is 0 Å². The lowest BCUT2D eigenvalue weighted by Crippen LogP contribution is -2.32. The summed E-state index contributed by atoms with van der Waals surface area (Å²) in [6.45, 7) is 3.56. The van der Waals surface area contributed by atoms with Gasteiger partial charge in [0.25, 0.3) is 11.5 Å². The van der Waals surface area contributed by atoms with Crippen molar-refractivity contribution >= 4 is 27.5 Å². The molecule has 106 valence electrons. The van der Waals surface area contributed by atoms with Crippen molar-refractivity contribution in [3.63, 3.8) is 0 Å². The first-order chi connectivity index (χ1) is 9.56. The average molecular weight is 291 g/mol. The summed E-state index contributed by atoms with van der Waals surface area (Å²) in [4.78, 5) is 32.6. The minimum atomic E-state index is -0.166. The van der Waals surface area contributed by atoms with Gasteiger partial charge in [0.15, 0.2) is 0 Å². The Hall–Kier alpha value is -1.69. The second kappa shape index (κ2) is 5.01. The van der Waals surface area contributed by atoms with Crippen LogP contribution in [-0.2, 0) is 0 Å². The number of hydrogen-bond acceptors (Lipinski definition) is 4. The Balaban J connectivity index is 1.99. The molecule has 0 saturated heterocycles. The van der Waals surface area contributed by atoms with Gasteiger partial charge >= 0.3 is 0 Å². The molecule has 1 aliphatic rings. The van der Waals surface area contributed by atoms with Crippen LogP contribution in [0.15, 0.2) is 4.79 Å². The van der Waals surface area contributed by atoms with Crippen LogP contribution >= 0.6 is 11.3 Å². The number of carbonyl (C=O) groups is 1. The van der Waals surface area contributed by atoms with E-state index < -0.39 is 0 Å². The van der Waals surface area contributed by atoms with E-state index in [2.05, 4.69) is 15.3 Å². The van der Waals surface area contributed by atoms with Gasteiger partial charge in [0, 0.05) is 6.04 Å². The zero-order chi connectivity index (χ0) is 14.3. The standard InChI is InChI=1S/C14H17N3O2S/c1-7-10-12(18)15-8(2)16-14(10)20-11(7)13(19)17-9-5-3-4-6-9/h9H,3-6H2,1-2H3,(H,17,19)(H,15,16,18). The molecule has 1 saturated carbocycles. The fraction of sp³-hybridized carbons (Fsp3) is 0.500. The molecule has 6 heteroatoms. The number of nitrogens with one attached hydrogen (secondary N) is 2. The van der Waals surface area contributed by atoms with E-state index in [4.69, 9.17) is 0 Å². The van der Waals surface area contributed by atoms with Crippen molar-refractivity contribution in [3.05, 3.63) is 26.6 Å². The first kappa shape index (κ1) is 13.3. The Kier molecular flexibility index (Phi) is 3.33. The van der Waals surface area contributed by atoms with E-state index in [1.165, 1.54) is 24.2 Å². The topological polar surface area (TPSA) is 74.8 Å². The van der Waals surface area contributed by atoms with Crippen molar-refractivity contribution in [2.24, 2.45) is 0 Å². The zero-order valence-corrected chi connectivity index (χ0v) is 12.4. The number of aromatic amines is 1. The Labute approximate surface area is 120 Å². The molecule has 2 N–H and O–H groups in total. The Bertz CT molecular complexity index is 726. The number of rotatable bonds is 2. The van der Waals surface area contributed by atoms with Crippen molar-refractivity contribution < 1.29 is 4.79 Å². The van der Waals surface area contributed by atoms with Crippen LogP contribution in [0, 0.1) is 13.8 Å². The fourth-order valence-electron chi connectivity index (χ4n) is 2.79. The van der Waals surface area contributed by atoms with E-state index in [1.54, 1.807) is 6.92 Å². The van der Waals surface area contributed by atoms with Crippen molar-refractivity contribution in [3.8, 4) is 0 Å². The van der Waals surface area contributed by atoms with E-state index in [0.717, 1.165) is 18.4 Å². The fourth-order valence-corrected chi connectivity index (χ4v) is 3.92. The van der Waals surface area contributed by atoms with Crippen molar-refractivity contribution in [2.75, 3.05) is 0 Å². The normalized spacial score (nSPS) is 15.9. The number of aryl methyl sites for hydroxylation is 2. The maximum atomic E-state index is 12.3. The quantitative estimate of drug-likeness (QED) is 0.891. The van der Waals surface area contributed by atoms with Crippen molar-refractivity contribution in [1.29, 1.82) is 0 Å². The molecule has 0 atom stereocenters. The number of aromatic nitrogens is 2. The van der Waals surface area contributed by atoms with E-state index in [-0.39, 0.29) is 17.5 Å². The molecule has 20 heavy (non-hydrogen) atoms. The molecule has 3 rings (SSSR count). The lowest BCUT2D eigenvalue weighted by molar-refractivity contribution is 0.0941. The predicted molar refractivity (Wildman–Crippen MR) is 79.4 cm³/mol. The molecule has 0 aliphatic heterocycles. The Morgan fingerprint density at radius 3 is 2.75 bits per heavy atom. The third-order valence-electron chi connectivity index (χ3n) is 3.82. The molecule has 0 unspecified atom stereocenters. The number of thiophene rings is 1. The lowest BCUT2D eigenvalue weighted by atomic mass is 10.2. The second-order valence-corrected chi connectivity index (χ2v) is 6.34. The maximum absolute atomic E-state index is 12.3. The van der Waals surface area contributed by atoms with Crippen LogP contribution in [-0.4, -0.2) is 21.9 Å². The molecule has 2 aromatic rings. The molecule has 0 radical (unpaired) electrons. The molecule has 0 aromatic carbocycles. The molecule has 5 nitrogen and oxygen atoms in total. The molecule has 2 aromatic heterocycles. The highest BCUT2D eigenvalue weighted by molar-refractivity contribution is 7.20. The summed E-state index contributed by atoms with van der Waals surface area (Å²) in [5.41, 5.74) is 0.565. The molecule has 0 spiro atoms. The van der Waals surface area contributed by atoms with Crippen LogP contribution < -0.4 is 10.9 Å². The molecule has 1 aliphatic carbocycles. The zero-order valence-electron chi connectivity index (χ0n) is 11.6. The van der Waals surface area contributed by atoms with Crippen molar-refractivity contribution in [2.45, 2.75) is 45.6 Å². The van der Waals surface area contributed by atoms with Gasteiger partial charge in [-0.3, -0.25) is 9.59 Å². The molecular weight excluding hydrogens is 274 g/mol. The van der Waals surface area contributed by atoms with Crippen LogP contribution in [0.3, 0.4) is 0 Å². The number of H-pyrrole nitrogens is 1. The summed E-state index contributed by atoms with van der Waals surface area (Å²) in [7, 11) is 0. The van der Waals surface area contributed by atoms with Crippen molar-refractivity contribution in [1.82, 2.24) is 15.3 Å². The molecule has 1 fully saturated rings. The SMILES string of the molecule is Cc1nc2sc(C(=O)NC3CCCC3)c(C)c2c(=O)[nH]1. The molecular formula is C14H17N3O2S. The number of nitrogens with zero attached hydrogens (tertiary/aromatic N) is 1. The largest absolute Gasteiger partial charge is 0.349 e. The monoisotopic (exact) mass is 291 g/mol. The summed E-state index contributed by atoms with van der Waals surface area (Å²) >= 11 is 1.30. The Morgan fingerprint density at radius 2 is 2.05 bits per heavy atom. The van der Waals surface area contributed by atoms with Gasteiger partial charge in [-0.1, -0.05) is 12.8 Å². The van der Waals surface area contributed by atoms with Crippen LogP contribution in [0.4, 0.5) is 0 Å². The van der Waals surface area contributed by atoms with Crippen LogP contribution in [0.25, 0.3) is 10.2 Å². The minimum Gasteiger partial charge on any atom is -0.349 e. The van der Waals surface area contributed by atoms with Gasteiger partial charge in [-0.05, 0) is 32.3 Å². The first-order valence-electron chi connectivity index (χ1n) is 6.87. The third-order valence-corrected chi connectivity index (χ3v) is 5.00. The number of amides is 1. The van der Waals surface area contributed by atoms with Gasteiger partial charge in [-0.25, -0.2) is 4.98 Å². The average Bonchev–Trinajstić information content (AvgIpc) is 2.97. The third kappa shape index (κ3) is 2.24. The van der Waals surface area contributed by atoms with Gasteiger partial charge < -0.3 is 10.3 Å².